The van der Waals surface area contributed by atoms with Crippen molar-refractivity contribution in [1.82, 2.24) is 0 Å². The molecule has 0 aliphatic carbocycles. The Kier molecular flexibility index (Phi) is 5.33. The van der Waals surface area contributed by atoms with Crippen molar-refractivity contribution in [2.24, 2.45) is 0 Å². The zero-order chi connectivity index (χ0) is 18.8. The molecule has 3 heteroatoms. The second kappa shape index (κ2) is 7.51. The first-order valence-corrected chi connectivity index (χ1v) is 9.09. The lowest BCUT2D eigenvalue weighted by Gasteiger charge is -2.14. The van der Waals surface area contributed by atoms with Crippen molar-refractivity contribution in [1.29, 1.82) is 0 Å². The van der Waals surface area contributed by atoms with Gasteiger partial charge >= 0.3 is 0 Å². The summed E-state index contributed by atoms with van der Waals surface area (Å²) in [6.07, 6.45) is 0. The Bertz CT molecular complexity index is 942. The lowest BCUT2D eigenvalue weighted by Crippen LogP contribution is -2.01. The number of halogens is 2. The van der Waals surface area contributed by atoms with Gasteiger partial charge in [0.05, 0.1) is 0 Å². The molecule has 0 heterocycles. The maximum Gasteiger partial charge on any atom is 0.134 e. The number of anilines is 1. The first kappa shape index (κ1) is 18.5. The van der Waals surface area contributed by atoms with Gasteiger partial charge in [-0.1, -0.05) is 35.9 Å². The average molecular weight is 368 g/mol. The molecule has 0 unspecified atom stereocenters. The van der Waals surface area contributed by atoms with E-state index in [1.807, 2.05) is 70.2 Å². The molecule has 0 atom stereocenters. The van der Waals surface area contributed by atoms with Gasteiger partial charge in [0.2, 0.25) is 0 Å². The highest BCUT2D eigenvalue weighted by Gasteiger charge is 2.12. The third kappa shape index (κ3) is 3.91. The lowest BCUT2D eigenvalue weighted by molar-refractivity contribution is 0.620. The van der Waals surface area contributed by atoms with E-state index in [1.165, 1.54) is 0 Å². The van der Waals surface area contributed by atoms with Crippen LogP contribution in [0.15, 0.2) is 48.5 Å². The highest BCUT2D eigenvalue weighted by molar-refractivity contribution is 6.30. The molecule has 0 saturated carbocycles. The van der Waals surface area contributed by atoms with E-state index in [-0.39, 0.29) is 5.82 Å². The normalized spacial score (nSPS) is 10.8. The van der Waals surface area contributed by atoms with Gasteiger partial charge in [-0.15, -0.1) is 0 Å². The Balaban J connectivity index is 1.90. The molecule has 0 amide bonds. The SMILES string of the molecule is Cc1cc(Cl)cc(CNc2ccc(C)c(-c3ccc(C)c(C)c3F)c2)c1. The Labute approximate surface area is 159 Å². The molecule has 3 aromatic rings. The van der Waals surface area contributed by atoms with Crippen molar-refractivity contribution in [2.75, 3.05) is 5.32 Å². The first-order chi connectivity index (χ1) is 12.3. The van der Waals surface area contributed by atoms with E-state index < -0.39 is 0 Å². The first-order valence-electron chi connectivity index (χ1n) is 8.72. The van der Waals surface area contributed by atoms with Crippen LogP contribution in [0.25, 0.3) is 11.1 Å². The molecule has 1 N–H and O–H groups in total. The van der Waals surface area contributed by atoms with Gasteiger partial charge in [0.15, 0.2) is 0 Å². The van der Waals surface area contributed by atoms with Gasteiger partial charge < -0.3 is 5.32 Å². The molecule has 0 radical (unpaired) electrons. The van der Waals surface area contributed by atoms with Crippen molar-refractivity contribution < 1.29 is 4.39 Å². The number of benzene rings is 3. The summed E-state index contributed by atoms with van der Waals surface area (Å²) in [5, 5.41) is 4.16. The topological polar surface area (TPSA) is 12.0 Å². The second-order valence-electron chi connectivity index (χ2n) is 6.89. The fourth-order valence-electron chi connectivity index (χ4n) is 3.13. The van der Waals surface area contributed by atoms with Crippen LogP contribution in [0.1, 0.15) is 27.8 Å². The highest BCUT2D eigenvalue weighted by Crippen LogP contribution is 2.31. The third-order valence-corrected chi connectivity index (χ3v) is 5.00. The number of hydrogen-bond acceptors (Lipinski definition) is 1. The minimum atomic E-state index is -0.143. The number of hydrogen-bond donors (Lipinski definition) is 1. The van der Waals surface area contributed by atoms with E-state index in [0.717, 1.165) is 38.5 Å². The monoisotopic (exact) mass is 367 g/mol. The molecular weight excluding hydrogens is 345 g/mol. The van der Waals surface area contributed by atoms with Crippen molar-refractivity contribution in [3.8, 4) is 11.1 Å². The summed E-state index contributed by atoms with van der Waals surface area (Å²) in [6, 6.07) is 15.9. The number of aryl methyl sites for hydroxylation is 3. The predicted molar refractivity (Wildman–Crippen MR) is 110 cm³/mol. The van der Waals surface area contributed by atoms with E-state index in [0.29, 0.717) is 17.7 Å². The minimum Gasteiger partial charge on any atom is -0.381 e. The smallest absolute Gasteiger partial charge is 0.134 e. The summed E-state index contributed by atoms with van der Waals surface area (Å²) >= 11 is 6.13. The largest absolute Gasteiger partial charge is 0.381 e. The van der Waals surface area contributed by atoms with Gasteiger partial charge in [0, 0.05) is 22.8 Å². The van der Waals surface area contributed by atoms with E-state index in [9.17, 15) is 4.39 Å². The van der Waals surface area contributed by atoms with Gasteiger partial charge in [0.25, 0.3) is 0 Å². The molecule has 0 bridgehead atoms. The van der Waals surface area contributed by atoms with E-state index >= 15 is 0 Å². The molecule has 3 aromatic carbocycles. The fraction of sp³-hybridized carbons (Fsp3) is 0.217. The van der Waals surface area contributed by atoms with Crippen LogP contribution in [-0.2, 0) is 6.54 Å². The van der Waals surface area contributed by atoms with Crippen molar-refractivity contribution in [3.63, 3.8) is 0 Å². The lowest BCUT2D eigenvalue weighted by atomic mass is 9.96. The maximum absolute atomic E-state index is 14.8. The summed E-state index contributed by atoms with van der Waals surface area (Å²) in [6.45, 7) is 8.46. The summed E-state index contributed by atoms with van der Waals surface area (Å²) < 4.78 is 14.8. The average Bonchev–Trinajstić information content (AvgIpc) is 2.59. The van der Waals surface area contributed by atoms with Crippen molar-refractivity contribution >= 4 is 17.3 Å². The van der Waals surface area contributed by atoms with Crippen LogP contribution < -0.4 is 5.32 Å². The summed E-state index contributed by atoms with van der Waals surface area (Å²) in [4.78, 5) is 0. The number of rotatable bonds is 4. The molecular formula is C23H23ClFN. The molecule has 0 saturated heterocycles. The molecule has 0 fully saturated rings. The van der Waals surface area contributed by atoms with E-state index in [2.05, 4.69) is 11.4 Å². The zero-order valence-electron chi connectivity index (χ0n) is 15.6. The fourth-order valence-corrected chi connectivity index (χ4v) is 3.44. The predicted octanol–water partition coefficient (Wildman–Crippen LogP) is 6.99. The number of nitrogens with one attached hydrogen (secondary N) is 1. The Morgan fingerprint density at radius 3 is 2.31 bits per heavy atom. The minimum absolute atomic E-state index is 0.143. The van der Waals surface area contributed by atoms with Gasteiger partial charge in [-0.3, -0.25) is 0 Å². The quantitative estimate of drug-likeness (QED) is 0.523. The van der Waals surface area contributed by atoms with Crippen LogP contribution >= 0.6 is 11.6 Å². The Hall–Kier alpha value is -2.32. The standard InChI is InChI=1S/C23H23ClFN/c1-14-9-18(11-19(24)10-14)13-26-20-7-5-16(3)22(12-20)21-8-6-15(2)17(4)23(21)25/h5-12,26H,13H2,1-4H3. The third-order valence-electron chi connectivity index (χ3n) is 4.78. The molecule has 3 rings (SSSR count). The summed E-state index contributed by atoms with van der Waals surface area (Å²) in [5.74, 6) is -0.143. The van der Waals surface area contributed by atoms with E-state index in [1.54, 1.807) is 0 Å². The molecule has 0 aromatic heterocycles. The van der Waals surface area contributed by atoms with Gasteiger partial charge in [-0.2, -0.15) is 0 Å². The van der Waals surface area contributed by atoms with Crippen LogP contribution in [-0.4, -0.2) is 0 Å². The molecule has 0 aliphatic heterocycles. The molecule has 0 spiro atoms. The molecule has 26 heavy (non-hydrogen) atoms. The molecule has 134 valence electrons. The van der Waals surface area contributed by atoms with Crippen LogP contribution in [0, 0.1) is 33.5 Å². The van der Waals surface area contributed by atoms with E-state index in [4.69, 9.17) is 11.6 Å². The summed E-state index contributed by atoms with van der Waals surface area (Å²) in [5.41, 5.74) is 7.50. The highest BCUT2D eigenvalue weighted by atomic mass is 35.5. The maximum atomic E-state index is 14.8. The Morgan fingerprint density at radius 1 is 0.846 bits per heavy atom. The van der Waals surface area contributed by atoms with Gasteiger partial charge in [-0.25, -0.2) is 4.39 Å². The second-order valence-corrected chi connectivity index (χ2v) is 7.33. The molecule has 1 nitrogen and oxygen atoms in total. The zero-order valence-corrected chi connectivity index (χ0v) is 16.3. The van der Waals surface area contributed by atoms with Crippen LogP contribution in [0.5, 0.6) is 0 Å². The van der Waals surface area contributed by atoms with Crippen LogP contribution in [0.3, 0.4) is 0 Å². The summed E-state index contributed by atoms with van der Waals surface area (Å²) in [7, 11) is 0. The van der Waals surface area contributed by atoms with Crippen molar-refractivity contribution in [3.05, 3.63) is 87.2 Å². The molecule has 0 aliphatic rings. The Morgan fingerprint density at radius 2 is 1.58 bits per heavy atom. The van der Waals surface area contributed by atoms with Crippen LogP contribution in [0.4, 0.5) is 10.1 Å². The van der Waals surface area contributed by atoms with Crippen molar-refractivity contribution in [2.45, 2.75) is 34.2 Å². The van der Waals surface area contributed by atoms with Gasteiger partial charge in [-0.05, 0) is 85.3 Å². The van der Waals surface area contributed by atoms with Gasteiger partial charge in [0.1, 0.15) is 5.82 Å². The van der Waals surface area contributed by atoms with Crippen LogP contribution in [0.2, 0.25) is 5.02 Å².